The number of hydrogen-bond donors (Lipinski definition) is 1. The van der Waals surface area contributed by atoms with Crippen LogP contribution in [0.2, 0.25) is 18.1 Å². The first-order valence-electron chi connectivity index (χ1n) is 4.81. The third kappa shape index (κ3) is 39.6. The molecule has 14 heavy (non-hydrogen) atoms. The molecular weight excluding hydrogens is 239 g/mol. The lowest BCUT2D eigenvalue weighted by Gasteiger charge is -2.03. The standard InChI is InChI=1S/C6H16Si.C2H4O2.CH2Cl2/c1-4-7(5-2)6-3;1-2(3)4;2-1-3/h7H,4-6H2,1-3H3;1H3,(H,3,4);1H2. The molecule has 0 saturated heterocycles. The van der Waals surface area contributed by atoms with Crippen LogP contribution in [0.25, 0.3) is 0 Å². The molecule has 0 aromatic rings. The number of alkyl halides is 2. The van der Waals surface area contributed by atoms with Crippen LogP contribution in [0.5, 0.6) is 0 Å². The number of carbonyl (C=O) groups is 1. The van der Waals surface area contributed by atoms with Crippen LogP contribution in [0, 0.1) is 0 Å². The van der Waals surface area contributed by atoms with Gasteiger partial charge >= 0.3 is 0 Å². The Hall–Kier alpha value is 0.267. The first kappa shape index (κ1) is 19.8. The third-order valence-corrected chi connectivity index (χ3v) is 5.20. The first-order valence-corrected chi connectivity index (χ1v) is 8.33. The summed E-state index contributed by atoms with van der Waals surface area (Å²) in [5.74, 6) is -0.833. The molecule has 0 rings (SSSR count). The van der Waals surface area contributed by atoms with Gasteiger partial charge in [-0.2, -0.15) is 0 Å². The highest BCUT2D eigenvalue weighted by molar-refractivity contribution is 6.58. The summed E-state index contributed by atoms with van der Waals surface area (Å²) in [5, 5.41) is 7.61. The van der Waals surface area contributed by atoms with E-state index in [0.717, 1.165) is 6.92 Å². The summed E-state index contributed by atoms with van der Waals surface area (Å²) in [6.07, 6.45) is 0. The zero-order valence-electron chi connectivity index (χ0n) is 9.52. The van der Waals surface area contributed by atoms with E-state index in [0.29, 0.717) is 0 Å². The summed E-state index contributed by atoms with van der Waals surface area (Å²) in [4.78, 5) is 9.00. The van der Waals surface area contributed by atoms with Gasteiger partial charge in [-0.3, -0.25) is 4.79 Å². The molecule has 0 aromatic heterocycles. The van der Waals surface area contributed by atoms with Gasteiger partial charge in [-0.25, -0.2) is 0 Å². The van der Waals surface area contributed by atoms with Gasteiger partial charge in [0.05, 0.1) is 5.34 Å². The average molecular weight is 261 g/mol. The van der Waals surface area contributed by atoms with E-state index in [2.05, 4.69) is 20.8 Å². The van der Waals surface area contributed by atoms with E-state index in [9.17, 15) is 0 Å². The third-order valence-electron chi connectivity index (χ3n) is 1.73. The minimum atomic E-state index is -0.833. The van der Waals surface area contributed by atoms with E-state index in [-0.39, 0.29) is 14.1 Å². The number of hydrogen-bond acceptors (Lipinski definition) is 1. The number of carboxylic acid groups (broad SMARTS) is 1. The summed E-state index contributed by atoms with van der Waals surface area (Å²) in [6, 6.07) is 4.48. The maximum atomic E-state index is 9.00. The Kier molecular flexibility index (Phi) is 26.8. The van der Waals surface area contributed by atoms with Gasteiger partial charge in [-0.05, 0) is 0 Å². The largest absolute Gasteiger partial charge is 0.481 e. The molecule has 0 aliphatic rings. The lowest BCUT2D eigenvalue weighted by atomic mass is 10.9. The van der Waals surface area contributed by atoms with E-state index in [1.807, 2.05) is 0 Å². The van der Waals surface area contributed by atoms with E-state index in [4.69, 9.17) is 33.1 Å². The maximum absolute atomic E-state index is 9.00. The van der Waals surface area contributed by atoms with Crippen LogP contribution in [0.15, 0.2) is 0 Å². The molecule has 0 spiro atoms. The van der Waals surface area contributed by atoms with E-state index in [1.165, 1.54) is 18.1 Å². The van der Waals surface area contributed by atoms with Crippen LogP contribution in [0.1, 0.15) is 27.7 Å². The van der Waals surface area contributed by atoms with Crippen molar-refractivity contribution in [2.24, 2.45) is 0 Å². The van der Waals surface area contributed by atoms with Gasteiger partial charge in [0, 0.05) is 15.7 Å². The molecule has 2 nitrogen and oxygen atoms in total. The Labute approximate surface area is 99.2 Å². The van der Waals surface area contributed by atoms with Crippen molar-refractivity contribution in [3.8, 4) is 0 Å². The highest BCUT2D eigenvalue weighted by atomic mass is 35.5. The topological polar surface area (TPSA) is 37.3 Å². The molecule has 0 bridgehead atoms. The van der Waals surface area contributed by atoms with Gasteiger partial charge in [0.1, 0.15) is 0 Å². The van der Waals surface area contributed by atoms with Gasteiger partial charge in [0.15, 0.2) is 0 Å². The molecule has 0 aromatic carbocycles. The molecule has 0 amide bonds. The second-order valence-electron chi connectivity index (χ2n) is 2.71. The maximum Gasteiger partial charge on any atom is 0.300 e. The fraction of sp³-hybridized carbons (Fsp3) is 0.889. The lowest BCUT2D eigenvalue weighted by molar-refractivity contribution is -0.134. The second-order valence-corrected chi connectivity index (χ2v) is 7.70. The average Bonchev–Trinajstić information content (AvgIpc) is 2.08. The molecule has 88 valence electrons. The number of aliphatic carboxylic acids is 1. The second kappa shape index (κ2) is 18.9. The van der Waals surface area contributed by atoms with E-state index in [1.54, 1.807) is 0 Å². The number of rotatable bonds is 3. The smallest absolute Gasteiger partial charge is 0.300 e. The molecule has 0 aliphatic carbocycles. The van der Waals surface area contributed by atoms with Crippen molar-refractivity contribution in [3.63, 3.8) is 0 Å². The molecule has 0 fully saturated rings. The number of halogens is 2. The van der Waals surface area contributed by atoms with Crippen molar-refractivity contribution in [2.45, 2.75) is 45.8 Å². The summed E-state index contributed by atoms with van der Waals surface area (Å²) in [5.41, 5.74) is 0. The van der Waals surface area contributed by atoms with Crippen LogP contribution in [-0.2, 0) is 4.79 Å². The first-order chi connectivity index (χ1) is 6.49. The molecule has 0 radical (unpaired) electrons. The van der Waals surface area contributed by atoms with Crippen LogP contribution in [0.4, 0.5) is 0 Å². The van der Waals surface area contributed by atoms with Crippen molar-refractivity contribution in [2.75, 3.05) is 5.34 Å². The minimum absolute atomic E-state index is 0.171. The fourth-order valence-electron chi connectivity index (χ4n) is 0.866. The predicted octanol–water partition coefficient (Wildman–Crippen LogP) is 3.79. The quantitative estimate of drug-likeness (QED) is 0.620. The molecule has 0 atom stereocenters. The fourth-order valence-corrected chi connectivity index (χ4v) is 2.60. The molecule has 0 aliphatic heterocycles. The van der Waals surface area contributed by atoms with Gasteiger partial charge in [-0.15, -0.1) is 23.2 Å². The van der Waals surface area contributed by atoms with Crippen molar-refractivity contribution >= 4 is 38.0 Å². The SMILES string of the molecule is CC(=O)O.CC[SiH](CC)CC.ClCCl. The molecule has 0 unspecified atom stereocenters. The summed E-state index contributed by atoms with van der Waals surface area (Å²) < 4.78 is 0. The van der Waals surface area contributed by atoms with Crippen molar-refractivity contribution < 1.29 is 9.90 Å². The van der Waals surface area contributed by atoms with Gasteiger partial charge in [0.2, 0.25) is 0 Å². The summed E-state index contributed by atoms with van der Waals surface area (Å²) >= 11 is 9.53. The Morgan fingerprint density at radius 2 is 1.29 bits per heavy atom. The van der Waals surface area contributed by atoms with E-state index < -0.39 is 5.97 Å². The van der Waals surface area contributed by atoms with Crippen molar-refractivity contribution in [1.82, 2.24) is 0 Å². The minimum Gasteiger partial charge on any atom is -0.481 e. The van der Waals surface area contributed by atoms with Gasteiger partial charge in [-0.1, -0.05) is 38.9 Å². The Morgan fingerprint density at radius 1 is 1.14 bits per heavy atom. The van der Waals surface area contributed by atoms with Crippen molar-refractivity contribution in [1.29, 1.82) is 0 Å². The molecule has 0 saturated carbocycles. The lowest BCUT2D eigenvalue weighted by Crippen LogP contribution is -2.04. The number of carboxylic acids is 1. The Morgan fingerprint density at radius 3 is 1.29 bits per heavy atom. The van der Waals surface area contributed by atoms with Crippen LogP contribution >= 0.6 is 23.2 Å². The van der Waals surface area contributed by atoms with Crippen LogP contribution in [0.3, 0.4) is 0 Å². The van der Waals surface area contributed by atoms with Gasteiger partial charge in [0.25, 0.3) is 5.97 Å². The molecule has 0 heterocycles. The Balaban J connectivity index is -0.000000147. The monoisotopic (exact) mass is 260 g/mol. The zero-order chi connectivity index (χ0) is 12.0. The van der Waals surface area contributed by atoms with Crippen molar-refractivity contribution in [3.05, 3.63) is 0 Å². The highest BCUT2D eigenvalue weighted by Crippen LogP contribution is 2.01. The van der Waals surface area contributed by atoms with Crippen LogP contribution in [-0.4, -0.2) is 25.2 Å². The zero-order valence-corrected chi connectivity index (χ0v) is 12.2. The Bertz CT molecular complexity index is 99.5. The van der Waals surface area contributed by atoms with Gasteiger partial charge < -0.3 is 5.11 Å². The molecular formula is C9H22Cl2O2Si. The molecule has 5 heteroatoms. The normalized spacial score (nSPS) is 8.21. The summed E-state index contributed by atoms with van der Waals surface area (Å²) in [7, 11) is -0.171. The van der Waals surface area contributed by atoms with Crippen LogP contribution < -0.4 is 0 Å². The van der Waals surface area contributed by atoms with E-state index >= 15 is 0 Å². The molecule has 1 N–H and O–H groups in total. The summed E-state index contributed by atoms with van der Waals surface area (Å²) in [6.45, 7) is 8.05. The predicted molar refractivity (Wildman–Crippen MR) is 68.5 cm³/mol. The highest BCUT2D eigenvalue weighted by Gasteiger charge is 1.98.